The van der Waals surface area contributed by atoms with Crippen LogP contribution in [0.15, 0.2) is 37.1 Å². The smallest absolute Gasteiger partial charge is 0.225 e. The molecule has 4 aromatic rings. The zero-order valence-electron chi connectivity index (χ0n) is 17.0. The lowest BCUT2D eigenvalue weighted by atomic mass is 9.85. The minimum Gasteiger partial charge on any atom is -0.351 e. The van der Waals surface area contributed by atoms with Crippen molar-refractivity contribution in [3.8, 4) is 11.1 Å². The van der Waals surface area contributed by atoms with Crippen LogP contribution < -0.4 is 5.32 Å². The van der Waals surface area contributed by atoms with Gasteiger partial charge in [0.25, 0.3) is 0 Å². The van der Waals surface area contributed by atoms with E-state index in [9.17, 15) is 4.79 Å². The molecule has 0 aliphatic heterocycles. The first-order chi connectivity index (χ1) is 14.6. The van der Waals surface area contributed by atoms with Crippen molar-refractivity contribution in [3.63, 3.8) is 0 Å². The zero-order chi connectivity index (χ0) is 20.7. The Morgan fingerprint density at radius 1 is 1.23 bits per heavy atom. The van der Waals surface area contributed by atoms with Crippen molar-refractivity contribution in [2.75, 3.05) is 19.4 Å². The number of H-pyrrole nitrogens is 1. The van der Waals surface area contributed by atoms with E-state index in [1.807, 2.05) is 49.2 Å². The second kappa shape index (κ2) is 7.40. The highest BCUT2D eigenvalue weighted by atomic mass is 16.2. The van der Waals surface area contributed by atoms with Crippen LogP contribution in [0.4, 0.5) is 5.95 Å². The fraction of sp³-hybridized carbons (Fsp3) is 0.381. The summed E-state index contributed by atoms with van der Waals surface area (Å²) in [5, 5.41) is 12.4. The number of carbonyl (C=O) groups is 1. The number of rotatable bonds is 4. The molecule has 0 bridgehead atoms. The third-order valence-corrected chi connectivity index (χ3v) is 5.88. The number of aromatic nitrogens is 6. The summed E-state index contributed by atoms with van der Waals surface area (Å²) in [6.45, 7) is 0. The van der Waals surface area contributed by atoms with Crippen molar-refractivity contribution in [2.45, 2.75) is 31.7 Å². The summed E-state index contributed by atoms with van der Waals surface area (Å²) in [6.07, 6.45) is 11.2. The molecule has 1 fully saturated rings. The Balaban J connectivity index is 1.31. The fourth-order valence-corrected chi connectivity index (χ4v) is 4.23. The second-order valence-electron chi connectivity index (χ2n) is 8.10. The summed E-state index contributed by atoms with van der Waals surface area (Å²) >= 11 is 0. The van der Waals surface area contributed by atoms with Gasteiger partial charge in [0.15, 0.2) is 5.65 Å². The summed E-state index contributed by atoms with van der Waals surface area (Å²) in [5.74, 6) is 0.984. The van der Waals surface area contributed by atoms with Crippen molar-refractivity contribution in [1.29, 1.82) is 0 Å². The minimum atomic E-state index is 0.135. The van der Waals surface area contributed by atoms with Crippen LogP contribution in [0.3, 0.4) is 0 Å². The van der Waals surface area contributed by atoms with Gasteiger partial charge in [-0.3, -0.25) is 9.20 Å². The number of carbonyl (C=O) groups excluding carboxylic acids is 1. The molecule has 1 saturated carbocycles. The summed E-state index contributed by atoms with van der Waals surface area (Å²) < 4.78 is 1.89. The van der Waals surface area contributed by atoms with Crippen LogP contribution in [0.1, 0.15) is 25.7 Å². The molecule has 9 nitrogen and oxygen atoms in total. The van der Waals surface area contributed by atoms with E-state index in [0.29, 0.717) is 12.0 Å². The Morgan fingerprint density at radius 2 is 2.07 bits per heavy atom. The molecular formula is C21H24N8O. The van der Waals surface area contributed by atoms with E-state index < -0.39 is 0 Å². The zero-order valence-corrected chi connectivity index (χ0v) is 17.0. The van der Waals surface area contributed by atoms with E-state index in [2.05, 4.69) is 30.5 Å². The molecule has 0 saturated heterocycles. The first-order valence-corrected chi connectivity index (χ1v) is 10.2. The predicted octanol–water partition coefficient (Wildman–Crippen LogP) is 2.73. The van der Waals surface area contributed by atoms with Crippen LogP contribution in [0.5, 0.6) is 0 Å². The number of hydrogen-bond acceptors (Lipinski definition) is 6. The van der Waals surface area contributed by atoms with Crippen molar-refractivity contribution in [3.05, 3.63) is 37.1 Å². The lowest BCUT2D eigenvalue weighted by Gasteiger charge is -2.29. The van der Waals surface area contributed by atoms with Crippen molar-refractivity contribution >= 4 is 28.5 Å². The fourth-order valence-electron chi connectivity index (χ4n) is 4.23. The molecule has 5 rings (SSSR count). The van der Waals surface area contributed by atoms with E-state index in [1.165, 1.54) is 0 Å². The topological polar surface area (TPSA) is 104 Å². The van der Waals surface area contributed by atoms with Gasteiger partial charge in [-0.05, 0) is 37.8 Å². The second-order valence-corrected chi connectivity index (χ2v) is 8.10. The third-order valence-electron chi connectivity index (χ3n) is 5.88. The lowest BCUT2D eigenvalue weighted by Crippen LogP contribution is -2.35. The van der Waals surface area contributed by atoms with Crippen molar-refractivity contribution in [2.24, 2.45) is 5.92 Å². The number of aromatic amines is 1. The van der Waals surface area contributed by atoms with E-state index in [-0.39, 0.29) is 11.8 Å². The first kappa shape index (κ1) is 18.5. The lowest BCUT2D eigenvalue weighted by molar-refractivity contribution is -0.133. The summed E-state index contributed by atoms with van der Waals surface area (Å²) in [6, 6.07) is 4.25. The van der Waals surface area contributed by atoms with Gasteiger partial charge in [-0.25, -0.2) is 4.98 Å². The average Bonchev–Trinajstić information content (AvgIpc) is 3.39. The molecule has 9 heteroatoms. The van der Waals surface area contributed by atoms with Gasteiger partial charge in [-0.15, -0.1) is 10.2 Å². The predicted molar refractivity (Wildman–Crippen MR) is 114 cm³/mol. The Morgan fingerprint density at radius 3 is 2.87 bits per heavy atom. The van der Waals surface area contributed by atoms with Gasteiger partial charge in [-0.1, -0.05) is 0 Å². The van der Waals surface area contributed by atoms with Crippen LogP contribution in [0, 0.1) is 5.92 Å². The maximum atomic E-state index is 12.2. The van der Waals surface area contributed by atoms with Crippen LogP contribution >= 0.6 is 0 Å². The number of nitrogens with zero attached hydrogens (tertiary/aromatic N) is 6. The van der Waals surface area contributed by atoms with Crippen LogP contribution in [-0.2, 0) is 4.79 Å². The molecule has 0 atom stereocenters. The normalized spacial score (nSPS) is 19.3. The number of hydrogen-bond donors (Lipinski definition) is 2. The molecule has 0 aromatic carbocycles. The van der Waals surface area contributed by atoms with Crippen LogP contribution in [-0.4, -0.2) is 60.5 Å². The van der Waals surface area contributed by atoms with Crippen LogP contribution in [0.2, 0.25) is 0 Å². The minimum absolute atomic E-state index is 0.135. The Kier molecular flexibility index (Phi) is 4.57. The van der Waals surface area contributed by atoms with Crippen LogP contribution in [0.25, 0.3) is 27.8 Å². The summed E-state index contributed by atoms with van der Waals surface area (Å²) in [4.78, 5) is 26.3. The molecule has 0 unspecified atom stereocenters. The Bertz CT molecular complexity index is 1200. The van der Waals surface area contributed by atoms with Gasteiger partial charge in [-0.2, -0.15) is 4.98 Å². The number of nitrogens with one attached hydrogen (secondary N) is 2. The largest absolute Gasteiger partial charge is 0.351 e. The van der Waals surface area contributed by atoms with E-state index in [4.69, 9.17) is 0 Å². The number of pyridine rings is 1. The highest BCUT2D eigenvalue weighted by Gasteiger charge is 2.27. The van der Waals surface area contributed by atoms with Gasteiger partial charge in [0.1, 0.15) is 12.0 Å². The van der Waals surface area contributed by atoms with Gasteiger partial charge < -0.3 is 15.2 Å². The Hall–Kier alpha value is -3.49. The highest BCUT2D eigenvalue weighted by Crippen LogP contribution is 2.30. The maximum Gasteiger partial charge on any atom is 0.225 e. The quantitative estimate of drug-likeness (QED) is 0.542. The summed E-state index contributed by atoms with van der Waals surface area (Å²) in [7, 11) is 3.65. The molecule has 4 heterocycles. The molecule has 1 amide bonds. The van der Waals surface area contributed by atoms with Gasteiger partial charge in [0.2, 0.25) is 11.9 Å². The highest BCUT2D eigenvalue weighted by molar-refractivity contribution is 5.93. The monoisotopic (exact) mass is 404 g/mol. The maximum absolute atomic E-state index is 12.2. The SMILES string of the molecule is CN(C)C(=O)[C@H]1CC[C@@H](Nc2ncc3c(-c4ccc5nncn5c4)c[nH]c3n2)CC1. The summed E-state index contributed by atoms with van der Waals surface area (Å²) in [5.41, 5.74) is 3.68. The third kappa shape index (κ3) is 3.36. The molecule has 0 spiro atoms. The Labute approximate surface area is 173 Å². The average molecular weight is 404 g/mol. The standard InChI is InChI=1S/C21H24N8O/c1-28(2)20(30)13-3-6-15(7-4-13)25-21-23-10-17-16(9-22-19(17)26-21)14-5-8-18-27-24-12-29(18)11-14/h5,8-13,15H,3-4,6-7H2,1-2H3,(H2,22,23,25,26)/t13-,15+. The van der Waals surface area contributed by atoms with Gasteiger partial charge in [0.05, 0.1) is 0 Å². The van der Waals surface area contributed by atoms with E-state index in [1.54, 1.807) is 11.2 Å². The molecule has 1 aliphatic carbocycles. The van der Waals surface area contributed by atoms with Crippen molar-refractivity contribution < 1.29 is 4.79 Å². The number of amides is 1. The molecule has 0 radical (unpaired) electrons. The first-order valence-electron chi connectivity index (χ1n) is 10.2. The molecule has 1 aliphatic rings. The molecule has 2 N–H and O–H groups in total. The van der Waals surface area contributed by atoms with Gasteiger partial charge >= 0.3 is 0 Å². The van der Waals surface area contributed by atoms with E-state index in [0.717, 1.165) is 53.5 Å². The number of anilines is 1. The van der Waals surface area contributed by atoms with Gasteiger partial charge in [0, 0.05) is 61.2 Å². The number of fused-ring (bicyclic) bond motifs is 2. The molecule has 30 heavy (non-hydrogen) atoms. The molecular weight excluding hydrogens is 380 g/mol. The molecule has 4 aromatic heterocycles. The molecule has 154 valence electrons. The van der Waals surface area contributed by atoms with Crippen molar-refractivity contribution in [1.82, 2.24) is 34.4 Å². The van der Waals surface area contributed by atoms with E-state index >= 15 is 0 Å².